The zero-order chi connectivity index (χ0) is 15.6. The first-order valence-electron chi connectivity index (χ1n) is 5.71. The fraction of sp³-hybridized carbons (Fsp3) is 0.667. The van der Waals surface area contributed by atoms with E-state index in [0.717, 1.165) is 0 Å². The minimum absolute atomic E-state index is 0.119. The molecule has 8 nitrogen and oxygen atoms in total. The van der Waals surface area contributed by atoms with Crippen molar-refractivity contribution in [3.8, 4) is 0 Å². The van der Waals surface area contributed by atoms with Crippen molar-refractivity contribution in [1.82, 2.24) is 4.90 Å². The van der Waals surface area contributed by atoms with Crippen LogP contribution in [0.25, 0.3) is 0 Å². The molecule has 0 aliphatic rings. The second-order valence-electron chi connectivity index (χ2n) is 4.01. The summed E-state index contributed by atoms with van der Waals surface area (Å²) in [5.41, 5.74) is -1.46. The van der Waals surface area contributed by atoms with Gasteiger partial charge in [0.1, 0.15) is 0 Å². The summed E-state index contributed by atoms with van der Waals surface area (Å²) < 4.78 is 9.53. The van der Waals surface area contributed by atoms with Gasteiger partial charge in [-0.25, -0.2) is 9.59 Å². The molecule has 0 atom stereocenters. The molecule has 0 heterocycles. The predicted octanol–water partition coefficient (Wildman–Crippen LogP) is -2.27. The van der Waals surface area contributed by atoms with Crippen LogP contribution in [0.4, 0.5) is 0 Å². The summed E-state index contributed by atoms with van der Waals surface area (Å²) in [5.74, 6) is 2.85. The van der Waals surface area contributed by atoms with Gasteiger partial charge in [-0.1, -0.05) is 0 Å². The van der Waals surface area contributed by atoms with Crippen LogP contribution in [-0.2, 0) is 19.1 Å². The van der Waals surface area contributed by atoms with Crippen molar-refractivity contribution >= 4 is 11.9 Å². The smallest absolute Gasteiger partial charge is 0.193 e. The number of aliphatic hydroxyl groups excluding tert-OH is 3. The van der Waals surface area contributed by atoms with Crippen LogP contribution in [0.3, 0.4) is 0 Å². The number of aliphatic hydroxyl groups is 3. The minimum Gasteiger partial charge on any atom is -0.489 e. The van der Waals surface area contributed by atoms with Gasteiger partial charge in [-0.05, 0) is 0 Å². The van der Waals surface area contributed by atoms with Crippen LogP contribution in [0.5, 0.6) is 0 Å². The van der Waals surface area contributed by atoms with Gasteiger partial charge in [0.15, 0.2) is 23.4 Å². The van der Waals surface area contributed by atoms with Gasteiger partial charge in [0.25, 0.3) is 0 Å². The van der Waals surface area contributed by atoms with Crippen molar-refractivity contribution in [2.75, 3.05) is 47.1 Å². The van der Waals surface area contributed by atoms with Crippen molar-refractivity contribution in [1.29, 1.82) is 0 Å². The fourth-order valence-corrected chi connectivity index (χ4v) is 1.46. The maximum atomic E-state index is 10.7. The van der Waals surface area contributed by atoms with E-state index in [1.54, 1.807) is 11.9 Å². The summed E-state index contributed by atoms with van der Waals surface area (Å²) in [6.07, 6.45) is 0. The topological polar surface area (TPSA) is 117 Å². The molecule has 0 fully saturated rings. The van der Waals surface area contributed by atoms with E-state index in [1.165, 1.54) is 19.1 Å². The largest absolute Gasteiger partial charge is 0.489 e. The minimum atomic E-state index is -1.46. The lowest BCUT2D eigenvalue weighted by Gasteiger charge is -2.39. The van der Waals surface area contributed by atoms with E-state index in [4.69, 9.17) is 9.47 Å². The Morgan fingerprint density at radius 1 is 0.950 bits per heavy atom. The molecule has 0 saturated carbocycles. The fourth-order valence-electron chi connectivity index (χ4n) is 1.46. The molecule has 3 N–H and O–H groups in total. The standard InChI is InChI=1S/C12H19NO7/c1-19-10(5-14)3-13(4-11(6-15)20-2)12(7-16,8-17)9-18/h16-18H,3-4,7-9H2,1-2H3. The van der Waals surface area contributed by atoms with Crippen LogP contribution < -0.4 is 0 Å². The van der Waals surface area contributed by atoms with E-state index in [9.17, 15) is 24.9 Å². The highest BCUT2D eigenvalue weighted by atomic mass is 16.5. The third-order valence-electron chi connectivity index (χ3n) is 2.94. The van der Waals surface area contributed by atoms with Gasteiger partial charge in [0.05, 0.1) is 52.7 Å². The van der Waals surface area contributed by atoms with Gasteiger partial charge in [-0.15, -0.1) is 0 Å². The second-order valence-corrected chi connectivity index (χ2v) is 4.01. The summed E-state index contributed by atoms with van der Waals surface area (Å²) in [7, 11) is 2.51. The molecule has 0 aromatic rings. The van der Waals surface area contributed by atoms with E-state index >= 15 is 0 Å². The average molecular weight is 289 g/mol. The normalized spacial score (nSPS) is 10.7. The van der Waals surface area contributed by atoms with Crippen molar-refractivity contribution < 1.29 is 34.4 Å². The quantitative estimate of drug-likeness (QED) is 0.304. The molecule has 0 spiro atoms. The molecule has 0 unspecified atom stereocenters. The van der Waals surface area contributed by atoms with Gasteiger partial charge in [-0.3, -0.25) is 4.90 Å². The number of methoxy groups -OCH3 is 2. The molecule has 20 heavy (non-hydrogen) atoms. The molecular weight excluding hydrogens is 270 g/mol. The van der Waals surface area contributed by atoms with E-state index in [0.29, 0.717) is 0 Å². The lowest BCUT2D eigenvalue weighted by molar-refractivity contribution is -0.0476. The molecule has 0 saturated heterocycles. The Labute approximate surface area is 116 Å². The van der Waals surface area contributed by atoms with Crippen LogP contribution in [0.2, 0.25) is 0 Å². The van der Waals surface area contributed by atoms with Gasteiger partial charge < -0.3 is 24.8 Å². The Morgan fingerprint density at radius 2 is 1.30 bits per heavy atom. The number of nitrogens with zero attached hydrogens (tertiary/aromatic N) is 1. The SMILES string of the molecule is COC(=C=O)CN(CC(=C=O)OC)C(CO)(CO)CO. The molecule has 114 valence electrons. The Kier molecular flexibility index (Phi) is 8.51. The molecule has 0 radical (unpaired) electrons. The van der Waals surface area contributed by atoms with E-state index in [2.05, 4.69) is 0 Å². The first kappa shape index (κ1) is 18.3. The van der Waals surface area contributed by atoms with Crippen LogP contribution >= 0.6 is 0 Å². The van der Waals surface area contributed by atoms with Crippen molar-refractivity contribution in [3.05, 3.63) is 11.5 Å². The Balaban J connectivity index is 5.43. The zero-order valence-electron chi connectivity index (χ0n) is 11.5. The molecule has 0 aromatic heterocycles. The maximum absolute atomic E-state index is 10.7. The van der Waals surface area contributed by atoms with Gasteiger partial charge >= 0.3 is 0 Å². The van der Waals surface area contributed by atoms with Crippen LogP contribution in [0, 0.1) is 0 Å². The summed E-state index contributed by atoms with van der Waals surface area (Å²) in [6.45, 7) is -2.18. The highest BCUT2D eigenvalue weighted by molar-refractivity contribution is 5.51. The Morgan fingerprint density at radius 3 is 1.50 bits per heavy atom. The van der Waals surface area contributed by atoms with E-state index in [1.807, 2.05) is 0 Å². The van der Waals surface area contributed by atoms with E-state index < -0.39 is 25.4 Å². The first-order chi connectivity index (χ1) is 9.57. The second kappa shape index (κ2) is 9.28. The number of ether oxygens (including phenoxy) is 2. The molecular formula is C12H19NO7. The third kappa shape index (κ3) is 4.47. The monoisotopic (exact) mass is 289 g/mol. The van der Waals surface area contributed by atoms with Gasteiger partial charge in [-0.2, -0.15) is 0 Å². The number of hydrogen-bond acceptors (Lipinski definition) is 8. The van der Waals surface area contributed by atoms with Crippen LogP contribution in [0.15, 0.2) is 11.5 Å². The number of rotatable bonds is 10. The summed E-state index contributed by atoms with van der Waals surface area (Å²) >= 11 is 0. The lowest BCUT2D eigenvalue weighted by atomic mass is 10.00. The molecule has 0 bridgehead atoms. The van der Waals surface area contributed by atoms with Gasteiger partial charge in [0, 0.05) is 0 Å². The average Bonchev–Trinajstić information content (AvgIpc) is 2.51. The zero-order valence-corrected chi connectivity index (χ0v) is 11.5. The van der Waals surface area contributed by atoms with Crippen LogP contribution in [0.1, 0.15) is 0 Å². The summed E-state index contributed by atoms with van der Waals surface area (Å²) in [6, 6.07) is 0. The third-order valence-corrected chi connectivity index (χ3v) is 2.94. The molecule has 0 aliphatic heterocycles. The molecule has 0 aliphatic carbocycles. The highest BCUT2D eigenvalue weighted by Crippen LogP contribution is 2.17. The highest BCUT2D eigenvalue weighted by Gasteiger charge is 2.37. The molecule has 8 heteroatoms. The molecule has 0 aromatic carbocycles. The van der Waals surface area contributed by atoms with Gasteiger partial charge in [0.2, 0.25) is 0 Å². The predicted molar refractivity (Wildman–Crippen MR) is 68.0 cm³/mol. The number of hydrogen-bond donors (Lipinski definition) is 3. The Bertz CT molecular complexity index is 356. The maximum Gasteiger partial charge on any atom is 0.193 e. The number of carbonyl (C=O) groups excluding carboxylic acids is 2. The summed E-state index contributed by atoms with van der Waals surface area (Å²) in [4.78, 5) is 22.6. The summed E-state index contributed by atoms with van der Waals surface area (Å²) in [5, 5.41) is 28.2. The Hall–Kier alpha value is -1.66. The molecule has 0 amide bonds. The van der Waals surface area contributed by atoms with Crippen molar-refractivity contribution in [2.24, 2.45) is 0 Å². The van der Waals surface area contributed by atoms with Crippen molar-refractivity contribution in [3.63, 3.8) is 0 Å². The molecule has 0 rings (SSSR count). The van der Waals surface area contributed by atoms with Crippen LogP contribution in [-0.4, -0.2) is 84.8 Å². The van der Waals surface area contributed by atoms with E-state index in [-0.39, 0.29) is 24.6 Å². The van der Waals surface area contributed by atoms with Crippen molar-refractivity contribution in [2.45, 2.75) is 5.54 Å². The first-order valence-corrected chi connectivity index (χ1v) is 5.71. The lowest BCUT2D eigenvalue weighted by Crippen LogP contribution is -2.58.